The number of imide groups is 1. The van der Waals surface area contributed by atoms with Gasteiger partial charge in [0, 0.05) is 5.69 Å². The molecule has 1 unspecified atom stereocenters. The summed E-state index contributed by atoms with van der Waals surface area (Å²) in [4.78, 5) is 35.7. The monoisotopic (exact) mass is 402 g/mol. The highest BCUT2D eigenvalue weighted by molar-refractivity contribution is 6.21. The van der Waals surface area contributed by atoms with Crippen LogP contribution in [0.15, 0.2) is 72.8 Å². The summed E-state index contributed by atoms with van der Waals surface area (Å²) in [6.45, 7) is 1.68. The number of hydrogen-bond donors (Lipinski definition) is 2. The quantitative estimate of drug-likeness (QED) is 0.612. The third-order valence-electron chi connectivity index (χ3n) is 4.49. The second-order valence-corrected chi connectivity index (χ2v) is 6.68. The number of carbonyl (C=O) groups excluding carboxylic acids is 3. The molecule has 0 radical (unpaired) electrons. The fourth-order valence-corrected chi connectivity index (χ4v) is 2.95. The van der Waals surface area contributed by atoms with Gasteiger partial charge < -0.3 is 14.8 Å². The van der Waals surface area contributed by atoms with E-state index in [1.54, 1.807) is 55.5 Å². The first kappa shape index (κ1) is 19.2. The summed E-state index contributed by atoms with van der Waals surface area (Å²) < 4.78 is 11.4. The van der Waals surface area contributed by atoms with Crippen molar-refractivity contribution in [2.75, 3.05) is 5.32 Å². The molecule has 7 heteroatoms. The molecule has 7 nitrogen and oxygen atoms in total. The first-order valence-corrected chi connectivity index (χ1v) is 9.30. The van der Waals surface area contributed by atoms with E-state index in [1.807, 2.05) is 18.2 Å². The Bertz CT molecular complexity index is 1110. The molecule has 0 saturated heterocycles. The van der Waals surface area contributed by atoms with Crippen molar-refractivity contribution in [2.24, 2.45) is 0 Å². The van der Waals surface area contributed by atoms with Crippen LogP contribution in [0.1, 0.15) is 27.6 Å². The van der Waals surface area contributed by atoms with Crippen molar-refractivity contribution < 1.29 is 23.9 Å². The van der Waals surface area contributed by atoms with Gasteiger partial charge in [0.1, 0.15) is 17.2 Å². The third kappa shape index (κ3) is 4.15. The highest BCUT2D eigenvalue weighted by Crippen LogP contribution is 2.27. The van der Waals surface area contributed by atoms with Crippen LogP contribution in [-0.2, 0) is 4.79 Å². The molecule has 30 heavy (non-hydrogen) atoms. The highest BCUT2D eigenvalue weighted by Gasteiger charge is 2.27. The molecule has 150 valence electrons. The number of benzene rings is 3. The lowest BCUT2D eigenvalue weighted by Gasteiger charge is -2.15. The van der Waals surface area contributed by atoms with Gasteiger partial charge in [-0.3, -0.25) is 19.7 Å². The zero-order valence-corrected chi connectivity index (χ0v) is 16.0. The summed E-state index contributed by atoms with van der Waals surface area (Å²) in [5.74, 6) is 0.444. The van der Waals surface area contributed by atoms with E-state index in [0.29, 0.717) is 28.5 Å². The maximum atomic E-state index is 12.3. The van der Waals surface area contributed by atoms with E-state index in [4.69, 9.17) is 9.47 Å². The highest BCUT2D eigenvalue weighted by atomic mass is 16.5. The molecule has 4 rings (SSSR count). The number of nitrogens with one attached hydrogen (secondary N) is 2. The maximum Gasteiger partial charge on any atom is 0.265 e. The summed E-state index contributed by atoms with van der Waals surface area (Å²) >= 11 is 0. The molecular weight excluding hydrogens is 384 g/mol. The molecular formula is C23H18N2O5. The van der Waals surface area contributed by atoms with Gasteiger partial charge in [-0.1, -0.05) is 18.2 Å². The lowest BCUT2D eigenvalue weighted by atomic mass is 10.1. The Balaban J connectivity index is 1.37. The van der Waals surface area contributed by atoms with Gasteiger partial charge in [-0.25, -0.2) is 0 Å². The van der Waals surface area contributed by atoms with Crippen molar-refractivity contribution in [3.05, 3.63) is 83.9 Å². The summed E-state index contributed by atoms with van der Waals surface area (Å²) in [6.07, 6.45) is -0.663. The standard InChI is InChI=1S/C23H18N2O5/c1-14(29-16-5-3-2-4-6-16)21(26)24-15-7-9-17(10-8-15)30-18-11-12-19-20(13-18)23(28)25-22(19)27/h2-14H,1H3,(H,24,26)(H,25,27,28). The minimum Gasteiger partial charge on any atom is -0.481 e. The Labute approximate surface area is 172 Å². The average molecular weight is 402 g/mol. The van der Waals surface area contributed by atoms with Crippen LogP contribution in [0.3, 0.4) is 0 Å². The molecule has 0 bridgehead atoms. The fraction of sp³-hybridized carbons (Fsp3) is 0.0870. The van der Waals surface area contributed by atoms with Crippen molar-refractivity contribution in [3.63, 3.8) is 0 Å². The largest absolute Gasteiger partial charge is 0.481 e. The van der Waals surface area contributed by atoms with Gasteiger partial charge in [-0.05, 0) is 61.5 Å². The number of amides is 3. The predicted molar refractivity (Wildman–Crippen MR) is 110 cm³/mol. The van der Waals surface area contributed by atoms with Crippen molar-refractivity contribution in [1.29, 1.82) is 0 Å². The zero-order valence-electron chi connectivity index (χ0n) is 16.0. The summed E-state index contributed by atoms with van der Waals surface area (Å²) in [6, 6.07) is 20.6. The molecule has 0 aromatic heterocycles. The molecule has 0 aliphatic carbocycles. The van der Waals surface area contributed by atoms with Crippen molar-refractivity contribution >= 4 is 23.4 Å². The van der Waals surface area contributed by atoms with E-state index in [1.165, 1.54) is 6.07 Å². The van der Waals surface area contributed by atoms with Gasteiger partial charge in [0.25, 0.3) is 17.7 Å². The number of fused-ring (bicyclic) bond motifs is 1. The lowest BCUT2D eigenvalue weighted by Crippen LogP contribution is -2.30. The van der Waals surface area contributed by atoms with Gasteiger partial charge in [-0.2, -0.15) is 0 Å². The fourth-order valence-electron chi connectivity index (χ4n) is 2.95. The number of ether oxygens (including phenoxy) is 2. The Morgan fingerprint density at radius 2 is 1.50 bits per heavy atom. The molecule has 2 N–H and O–H groups in total. The number of para-hydroxylation sites is 1. The van der Waals surface area contributed by atoms with E-state index < -0.39 is 17.9 Å². The van der Waals surface area contributed by atoms with Crippen LogP contribution in [0, 0.1) is 0 Å². The molecule has 0 fully saturated rings. The second-order valence-electron chi connectivity index (χ2n) is 6.68. The summed E-state index contributed by atoms with van der Waals surface area (Å²) in [5.41, 5.74) is 1.21. The maximum absolute atomic E-state index is 12.3. The van der Waals surface area contributed by atoms with Gasteiger partial charge in [-0.15, -0.1) is 0 Å². The Hall–Kier alpha value is -4.13. The van der Waals surface area contributed by atoms with E-state index in [9.17, 15) is 14.4 Å². The Morgan fingerprint density at radius 1 is 0.833 bits per heavy atom. The first-order chi connectivity index (χ1) is 14.5. The summed E-state index contributed by atoms with van der Waals surface area (Å²) in [7, 11) is 0. The lowest BCUT2D eigenvalue weighted by molar-refractivity contribution is -0.122. The third-order valence-corrected chi connectivity index (χ3v) is 4.49. The zero-order chi connectivity index (χ0) is 21.1. The van der Waals surface area contributed by atoms with Crippen molar-refractivity contribution in [1.82, 2.24) is 5.32 Å². The van der Waals surface area contributed by atoms with Crippen LogP contribution in [-0.4, -0.2) is 23.8 Å². The van der Waals surface area contributed by atoms with E-state index in [0.717, 1.165) is 0 Å². The minimum absolute atomic E-state index is 0.276. The van der Waals surface area contributed by atoms with Crippen LogP contribution in [0.25, 0.3) is 0 Å². The van der Waals surface area contributed by atoms with Crippen LogP contribution >= 0.6 is 0 Å². The van der Waals surface area contributed by atoms with Crippen molar-refractivity contribution in [2.45, 2.75) is 13.0 Å². The average Bonchev–Trinajstić information content (AvgIpc) is 3.03. The SMILES string of the molecule is CC(Oc1ccccc1)C(=O)Nc1ccc(Oc2ccc3c(c2)C(=O)NC3=O)cc1. The molecule has 3 aromatic carbocycles. The van der Waals surface area contributed by atoms with E-state index >= 15 is 0 Å². The molecule has 0 saturated carbocycles. The molecule has 1 atom stereocenters. The molecule has 0 spiro atoms. The Kier molecular flexibility index (Phi) is 5.17. The van der Waals surface area contributed by atoms with E-state index in [-0.39, 0.29) is 11.5 Å². The number of carbonyl (C=O) groups is 3. The molecule has 3 aromatic rings. The first-order valence-electron chi connectivity index (χ1n) is 9.30. The minimum atomic E-state index is -0.663. The number of anilines is 1. The van der Waals surface area contributed by atoms with Gasteiger partial charge in [0.2, 0.25) is 0 Å². The number of hydrogen-bond acceptors (Lipinski definition) is 5. The molecule has 3 amide bonds. The van der Waals surface area contributed by atoms with Crippen LogP contribution in [0.5, 0.6) is 17.2 Å². The molecule has 1 heterocycles. The van der Waals surface area contributed by atoms with Crippen LogP contribution in [0.2, 0.25) is 0 Å². The van der Waals surface area contributed by atoms with E-state index in [2.05, 4.69) is 10.6 Å². The van der Waals surface area contributed by atoms with Crippen LogP contribution < -0.4 is 20.1 Å². The summed E-state index contributed by atoms with van der Waals surface area (Å²) in [5, 5.41) is 5.03. The van der Waals surface area contributed by atoms with Gasteiger partial charge >= 0.3 is 0 Å². The number of rotatable bonds is 6. The smallest absolute Gasteiger partial charge is 0.265 e. The molecule has 1 aliphatic rings. The predicted octanol–water partition coefficient (Wildman–Crippen LogP) is 3.77. The normalized spacial score (nSPS) is 13.2. The second kappa shape index (κ2) is 8.08. The Morgan fingerprint density at radius 3 is 2.23 bits per heavy atom. The molecule has 1 aliphatic heterocycles. The van der Waals surface area contributed by atoms with Crippen LogP contribution in [0.4, 0.5) is 5.69 Å². The van der Waals surface area contributed by atoms with Crippen molar-refractivity contribution in [3.8, 4) is 17.2 Å². The van der Waals surface area contributed by atoms with Gasteiger partial charge in [0.05, 0.1) is 11.1 Å². The topological polar surface area (TPSA) is 93.7 Å². The van der Waals surface area contributed by atoms with Gasteiger partial charge in [0.15, 0.2) is 6.10 Å².